The van der Waals surface area contributed by atoms with E-state index in [1.54, 1.807) is 0 Å². The van der Waals surface area contributed by atoms with Crippen LogP contribution in [0.15, 0.2) is 42.9 Å². The Kier molecular flexibility index (Phi) is 4.16. The van der Waals surface area contributed by atoms with Crippen molar-refractivity contribution in [2.24, 2.45) is 0 Å². The van der Waals surface area contributed by atoms with E-state index < -0.39 is 0 Å². The van der Waals surface area contributed by atoms with E-state index in [2.05, 4.69) is 52.1 Å². The second-order valence-corrected chi connectivity index (χ2v) is 5.80. The van der Waals surface area contributed by atoms with Gasteiger partial charge < -0.3 is 9.88 Å². The number of piperidine rings is 1. The van der Waals surface area contributed by atoms with Crippen LogP contribution in [0.3, 0.4) is 0 Å². The largest absolute Gasteiger partial charge is 0.333 e. The number of nitrogens with zero attached hydrogens (tertiary/aromatic N) is 2. The minimum atomic E-state index is 0.469. The van der Waals surface area contributed by atoms with E-state index >= 15 is 0 Å². The Morgan fingerprint density at radius 3 is 2.90 bits per heavy atom. The van der Waals surface area contributed by atoms with Crippen molar-refractivity contribution in [2.45, 2.75) is 51.2 Å². The van der Waals surface area contributed by atoms with E-state index in [0.29, 0.717) is 12.1 Å². The lowest BCUT2D eigenvalue weighted by atomic mass is 9.97. The molecule has 0 spiro atoms. The van der Waals surface area contributed by atoms with Crippen LogP contribution in [0.1, 0.15) is 43.5 Å². The molecule has 1 saturated heterocycles. The van der Waals surface area contributed by atoms with Crippen molar-refractivity contribution in [3.63, 3.8) is 0 Å². The molecule has 1 aliphatic rings. The van der Waals surface area contributed by atoms with Gasteiger partial charge in [-0.2, -0.15) is 0 Å². The minimum absolute atomic E-state index is 0.469. The van der Waals surface area contributed by atoms with Crippen LogP contribution in [-0.2, 0) is 13.0 Å². The fourth-order valence-electron chi connectivity index (χ4n) is 3.07. The molecule has 0 bridgehead atoms. The third kappa shape index (κ3) is 3.10. The molecule has 106 valence electrons. The molecular formula is C17H23N3. The number of hydrogen-bond donors (Lipinski definition) is 1. The van der Waals surface area contributed by atoms with Gasteiger partial charge in [0.15, 0.2) is 0 Å². The van der Waals surface area contributed by atoms with Crippen molar-refractivity contribution < 1.29 is 0 Å². The van der Waals surface area contributed by atoms with Crippen molar-refractivity contribution in [1.29, 1.82) is 0 Å². The number of aromatic nitrogens is 2. The highest BCUT2D eigenvalue weighted by atomic mass is 15.1. The molecular weight excluding hydrogens is 246 g/mol. The average Bonchev–Trinajstić information content (AvgIpc) is 2.95. The van der Waals surface area contributed by atoms with Gasteiger partial charge in [-0.05, 0) is 38.2 Å². The van der Waals surface area contributed by atoms with Crippen LogP contribution in [-0.4, -0.2) is 15.6 Å². The number of imidazole rings is 1. The maximum Gasteiger partial charge on any atom is 0.0948 e. The van der Waals surface area contributed by atoms with Gasteiger partial charge in [0.1, 0.15) is 0 Å². The Hall–Kier alpha value is -1.61. The summed E-state index contributed by atoms with van der Waals surface area (Å²) in [4.78, 5) is 4.36. The fraction of sp³-hybridized carbons (Fsp3) is 0.471. The molecule has 20 heavy (non-hydrogen) atoms. The van der Waals surface area contributed by atoms with Crippen LogP contribution >= 0.6 is 0 Å². The molecule has 1 aromatic carbocycles. The maximum absolute atomic E-state index is 4.36. The van der Waals surface area contributed by atoms with E-state index in [4.69, 9.17) is 0 Å². The second kappa shape index (κ2) is 6.23. The molecule has 0 aliphatic carbocycles. The van der Waals surface area contributed by atoms with Gasteiger partial charge in [-0.1, -0.05) is 30.3 Å². The zero-order chi connectivity index (χ0) is 13.8. The van der Waals surface area contributed by atoms with Gasteiger partial charge in [0.05, 0.1) is 12.0 Å². The normalized spacial score (nSPS) is 22.9. The molecule has 2 unspecified atom stereocenters. The molecule has 1 N–H and O–H groups in total. The van der Waals surface area contributed by atoms with Crippen LogP contribution < -0.4 is 5.32 Å². The first kappa shape index (κ1) is 13.4. The SMILES string of the molecule is CC1CCCC(c2cncn2CCc2ccccc2)N1. The molecule has 1 aromatic heterocycles. The third-order valence-electron chi connectivity index (χ3n) is 4.20. The molecule has 0 saturated carbocycles. The summed E-state index contributed by atoms with van der Waals surface area (Å²) in [5.41, 5.74) is 2.73. The smallest absolute Gasteiger partial charge is 0.0948 e. The molecule has 2 atom stereocenters. The molecule has 3 nitrogen and oxygen atoms in total. The first-order valence-corrected chi connectivity index (χ1v) is 7.63. The molecule has 3 rings (SSSR count). The van der Waals surface area contributed by atoms with Crippen LogP contribution in [0, 0.1) is 0 Å². The number of aryl methyl sites for hydroxylation is 2. The Balaban J connectivity index is 1.67. The second-order valence-electron chi connectivity index (χ2n) is 5.80. The van der Waals surface area contributed by atoms with Gasteiger partial charge in [0.25, 0.3) is 0 Å². The van der Waals surface area contributed by atoms with Crippen molar-refractivity contribution in [2.75, 3.05) is 0 Å². The zero-order valence-corrected chi connectivity index (χ0v) is 12.1. The van der Waals surface area contributed by atoms with E-state index in [9.17, 15) is 0 Å². The summed E-state index contributed by atoms with van der Waals surface area (Å²) in [6.45, 7) is 3.28. The summed E-state index contributed by atoms with van der Waals surface area (Å²) in [6.07, 6.45) is 8.88. The number of nitrogens with one attached hydrogen (secondary N) is 1. The number of benzene rings is 1. The topological polar surface area (TPSA) is 29.9 Å². The van der Waals surface area contributed by atoms with Crippen molar-refractivity contribution in [3.8, 4) is 0 Å². The standard InChI is InChI=1S/C17H23N3/c1-14-6-5-9-16(19-14)17-12-18-13-20(17)11-10-15-7-3-2-4-8-15/h2-4,7-8,12-14,16,19H,5-6,9-11H2,1H3. The number of rotatable bonds is 4. The molecule has 2 aromatic rings. The van der Waals surface area contributed by atoms with Gasteiger partial charge >= 0.3 is 0 Å². The summed E-state index contributed by atoms with van der Waals surface area (Å²) in [6, 6.07) is 11.8. The zero-order valence-electron chi connectivity index (χ0n) is 12.1. The molecule has 3 heteroatoms. The van der Waals surface area contributed by atoms with Crippen LogP contribution in [0.5, 0.6) is 0 Å². The highest BCUT2D eigenvalue weighted by molar-refractivity contribution is 5.15. The summed E-state index contributed by atoms with van der Waals surface area (Å²) < 4.78 is 2.31. The molecule has 0 radical (unpaired) electrons. The van der Waals surface area contributed by atoms with Crippen molar-refractivity contribution in [1.82, 2.24) is 14.9 Å². The van der Waals surface area contributed by atoms with Crippen LogP contribution in [0.4, 0.5) is 0 Å². The Labute approximate surface area is 121 Å². The molecule has 1 aliphatic heterocycles. The molecule has 2 heterocycles. The quantitative estimate of drug-likeness (QED) is 0.922. The highest BCUT2D eigenvalue weighted by Crippen LogP contribution is 2.25. The lowest BCUT2D eigenvalue weighted by Crippen LogP contribution is -2.35. The lowest BCUT2D eigenvalue weighted by Gasteiger charge is -2.29. The van der Waals surface area contributed by atoms with Gasteiger partial charge in [-0.25, -0.2) is 4.98 Å². The fourth-order valence-corrected chi connectivity index (χ4v) is 3.07. The van der Waals surface area contributed by atoms with E-state index in [-0.39, 0.29) is 0 Å². The Morgan fingerprint density at radius 2 is 2.10 bits per heavy atom. The molecule has 1 fully saturated rings. The van der Waals surface area contributed by atoms with Gasteiger partial charge in [-0.3, -0.25) is 0 Å². The van der Waals surface area contributed by atoms with Gasteiger partial charge in [0, 0.05) is 24.8 Å². The van der Waals surface area contributed by atoms with Crippen LogP contribution in [0.2, 0.25) is 0 Å². The monoisotopic (exact) mass is 269 g/mol. The third-order valence-corrected chi connectivity index (χ3v) is 4.20. The summed E-state index contributed by atoms with van der Waals surface area (Å²) in [5, 5.41) is 3.70. The Bertz CT molecular complexity index is 532. The van der Waals surface area contributed by atoms with E-state index in [0.717, 1.165) is 13.0 Å². The predicted octanol–water partition coefficient (Wildman–Crippen LogP) is 3.33. The van der Waals surface area contributed by atoms with Crippen LogP contribution in [0.25, 0.3) is 0 Å². The number of hydrogen-bond acceptors (Lipinski definition) is 2. The Morgan fingerprint density at radius 1 is 1.25 bits per heavy atom. The summed E-state index contributed by atoms with van der Waals surface area (Å²) in [7, 11) is 0. The van der Waals surface area contributed by atoms with Crippen molar-refractivity contribution >= 4 is 0 Å². The first-order valence-electron chi connectivity index (χ1n) is 7.63. The maximum atomic E-state index is 4.36. The highest BCUT2D eigenvalue weighted by Gasteiger charge is 2.21. The average molecular weight is 269 g/mol. The predicted molar refractivity (Wildman–Crippen MR) is 81.6 cm³/mol. The summed E-state index contributed by atoms with van der Waals surface area (Å²) >= 11 is 0. The minimum Gasteiger partial charge on any atom is -0.333 e. The van der Waals surface area contributed by atoms with Gasteiger partial charge in [0.2, 0.25) is 0 Å². The van der Waals surface area contributed by atoms with E-state index in [1.165, 1.54) is 30.5 Å². The molecule has 0 amide bonds. The first-order chi connectivity index (χ1) is 9.83. The van der Waals surface area contributed by atoms with E-state index in [1.807, 2.05) is 12.5 Å². The summed E-state index contributed by atoms with van der Waals surface area (Å²) in [5.74, 6) is 0. The van der Waals surface area contributed by atoms with Gasteiger partial charge in [-0.15, -0.1) is 0 Å². The lowest BCUT2D eigenvalue weighted by molar-refractivity contribution is 0.329. The van der Waals surface area contributed by atoms with Crippen molar-refractivity contribution in [3.05, 3.63) is 54.1 Å².